The van der Waals surface area contributed by atoms with Crippen molar-refractivity contribution in [2.75, 3.05) is 19.7 Å². The van der Waals surface area contributed by atoms with Gasteiger partial charge in [0, 0.05) is 24.6 Å². The molecule has 2 aliphatic rings. The Hall–Kier alpha value is -2.22. The number of hydrogen-bond donors (Lipinski definition) is 2. The smallest absolute Gasteiger partial charge is 0.274 e. The quantitative estimate of drug-likeness (QED) is 0.882. The van der Waals surface area contributed by atoms with Gasteiger partial charge < -0.3 is 9.64 Å². The van der Waals surface area contributed by atoms with Crippen LogP contribution in [0.3, 0.4) is 0 Å². The van der Waals surface area contributed by atoms with Gasteiger partial charge in [0.25, 0.3) is 5.91 Å². The van der Waals surface area contributed by atoms with E-state index in [0.717, 1.165) is 17.9 Å². The number of aryl methyl sites for hydroxylation is 1. The van der Waals surface area contributed by atoms with Gasteiger partial charge >= 0.3 is 0 Å². The molecule has 1 saturated heterocycles. The Labute approximate surface area is 133 Å². The number of H-pyrrole nitrogens is 2. The van der Waals surface area contributed by atoms with Gasteiger partial charge in [0.15, 0.2) is 5.82 Å². The number of nitrogens with zero attached hydrogens (tertiary/aromatic N) is 4. The van der Waals surface area contributed by atoms with Gasteiger partial charge in [-0.1, -0.05) is 6.92 Å². The van der Waals surface area contributed by atoms with E-state index in [1.165, 1.54) is 12.8 Å². The van der Waals surface area contributed by atoms with Crippen LogP contribution in [-0.4, -0.2) is 55.9 Å². The predicted octanol–water partition coefficient (Wildman–Crippen LogP) is 1.18. The number of aromatic nitrogens is 5. The van der Waals surface area contributed by atoms with Crippen molar-refractivity contribution in [2.45, 2.75) is 38.2 Å². The van der Waals surface area contributed by atoms with Crippen LogP contribution in [0.5, 0.6) is 0 Å². The average Bonchev–Trinajstić information content (AvgIpc) is 3.14. The summed E-state index contributed by atoms with van der Waals surface area (Å²) >= 11 is 0. The van der Waals surface area contributed by atoms with Gasteiger partial charge in [0.2, 0.25) is 0 Å². The zero-order chi connectivity index (χ0) is 15.8. The van der Waals surface area contributed by atoms with Gasteiger partial charge in [-0.3, -0.25) is 15.0 Å². The number of ether oxygens (including phenoxy) is 1. The molecular formula is C15H20N6O2. The molecule has 8 heteroatoms. The second kappa shape index (κ2) is 5.77. The van der Waals surface area contributed by atoms with Gasteiger partial charge in [-0.05, 0) is 18.9 Å². The normalized spacial score (nSPS) is 21.6. The van der Waals surface area contributed by atoms with E-state index in [2.05, 4.69) is 25.4 Å². The van der Waals surface area contributed by atoms with Crippen LogP contribution in [0, 0.1) is 0 Å². The lowest BCUT2D eigenvalue weighted by Crippen LogP contribution is -2.42. The molecule has 8 nitrogen and oxygen atoms in total. The van der Waals surface area contributed by atoms with Crippen LogP contribution in [0.4, 0.5) is 0 Å². The van der Waals surface area contributed by atoms with Crippen LogP contribution in [0.15, 0.2) is 6.07 Å². The number of carbonyl (C=O) groups excluding carboxylic acids is 1. The van der Waals surface area contributed by atoms with Crippen LogP contribution in [-0.2, 0) is 11.2 Å². The molecule has 4 rings (SSSR count). The maximum Gasteiger partial charge on any atom is 0.274 e. The summed E-state index contributed by atoms with van der Waals surface area (Å²) in [6, 6.07) is 1.88. The summed E-state index contributed by atoms with van der Waals surface area (Å²) < 4.78 is 5.72. The number of carbonyl (C=O) groups is 1. The Kier molecular flexibility index (Phi) is 3.60. The lowest BCUT2D eigenvalue weighted by molar-refractivity contribution is -0.0268. The van der Waals surface area contributed by atoms with Crippen LogP contribution in [0.1, 0.15) is 59.6 Å². The third-order valence-corrected chi connectivity index (χ3v) is 4.36. The first-order valence-electron chi connectivity index (χ1n) is 8.12. The molecule has 1 aliphatic heterocycles. The molecule has 2 aromatic rings. The van der Waals surface area contributed by atoms with Crippen LogP contribution in [0.2, 0.25) is 0 Å². The van der Waals surface area contributed by atoms with Gasteiger partial charge in [-0.25, -0.2) is 4.98 Å². The maximum absolute atomic E-state index is 12.6. The van der Waals surface area contributed by atoms with E-state index in [4.69, 9.17) is 4.74 Å². The summed E-state index contributed by atoms with van der Waals surface area (Å²) in [5.41, 5.74) is 1.55. The Bertz CT molecular complexity index is 704. The molecule has 23 heavy (non-hydrogen) atoms. The molecular weight excluding hydrogens is 296 g/mol. The van der Waals surface area contributed by atoms with Crippen LogP contribution < -0.4 is 0 Å². The van der Waals surface area contributed by atoms with Crippen molar-refractivity contribution in [3.8, 4) is 0 Å². The maximum atomic E-state index is 12.6. The molecule has 3 heterocycles. The van der Waals surface area contributed by atoms with Gasteiger partial charge in [-0.15, -0.1) is 0 Å². The second-order valence-corrected chi connectivity index (χ2v) is 6.09. The van der Waals surface area contributed by atoms with Crippen molar-refractivity contribution < 1.29 is 9.53 Å². The lowest BCUT2D eigenvalue weighted by Gasteiger charge is -2.31. The van der Waals surface area contributed by atoms with Gasteiger partial charge in [0.1, 0.15) is 17.6 Å². The Morgan fingerprint density at radius 3 is 3.00 bits per heavy atom. The highest BCUT2D eigenvalue weighted by Gasteiger charge is 2.31. The minimum Gasteiger partial charge on any atom is -0.366 e. The highest BCUT2D eigenvalue weighted by molar-refractivity contribution is 5.92. The SMILES string of the molecule is CCc1nc([C@@H]2CN(C(=O)c3cc(C4CC4)[nH]n3)CCO2)n[nH]1. The van der Waals surface area contributed by atoms with E-state index >= 15 is 0 Å². The van der Waals surface area contributed by atoms with Crippen molar-refractivity contribution in [1.82, 2.24) is 30.3 Å². The summed E-state index contributed by atoms with van der Waals surface area (Å²) in [5, 5.41) is 14.2. The molecule has 0 bridgehead atoms. The summed E-state index contributed by atoms with van der Waals surface area (Å²) in [7, 11) is 0. The van der Waals surface area contributed by atoms with E-state index in [1.807, 2.05) is 13.0 Å². The molecule has 0 aromatic carbocycles. The minimum absolute atomic E-state index is 0.0623. The number of rotatable bonds is 4. The molecule has 2 N–H and O–H groups in total. The summed E-state index contributed by atoms with van der Waals surface area (Å²) in [5.74, 6) is 1.93. The number of morpholine rings is 1. The molecule has 1 aliphatic carbocycles. The first-order valence-corrected chi connectivity index (χ1v) is 8.12. The Morgan fingerprint density at radius 2 is 2.26 bits per heavy atom. The minimum atomic E-state index is -0.286. The molecule has 1 atom stereocenters. The highest BCUT2D eigenvalue weighted by atomic mass is 16.5. The third-order valence-electron chi connectivity index (χ3n) is 4.36. The molecule has 1 amide bonds. The topological polar surface area (TPSA) is 99.8 Å². The van der Waals surface area contributed by atoms with E-state index in [9.17, 15) is 4.79 Å². The lowest BCUT2D eigenvalue weighted by atomic mass is 10.2. The monoisotopic (exact) mass is 316 g/mol. The molecule has 2 fully saturated rings. The molecule has 122 valence electrons. The number of hydrogen-bond acceptors (Lipinski definition) is 5. The van der Waals surface area contributed by atoms with Gasteiger partial charge in [-0.2, -0.15) is 10.2 Å². The first kappa shape index (κ1) is 14.4. The number of aromatic amines is 2. The number of amides is 1. The van der Waals surface area contributed by atoms with Crippen molar-refractivity contribution in [1.29, 1.82) is 0 Å². The zero-order valence-corrected chi connectivity index (χ0v) is 13.1. The fourth-order valence-corrected chi connectivity index (χ4v) is 2.81. The van der Waals surface area contributed by atoms with Crippen LogP contribution >= 0.6 is 0 Å². The zero-order valence-electron chi connectivity index (χ0n) is 13.1. The average molecular weight is 316 g/mol. The summed E-state index contributed by atoms with van der Waals surface area (Å²) in [6.45, 7) is 3.50. The molecule has 2 aromatic heterocycles. The Balaban J connectivity index is 1.46. The summed E-state index contributed by atoms with van der Waals surface area (Å²) in [6.07, 6.45) is 2.87. The van der Waals surface area contributed by atoms with E-state index in [1.54, 1.807) is 4.90 Å². The fraction of sp³-hybridized carbons (Fsp3) is 0.600. The largest absolute Gasteiger partial charge is 0.366 e. The number of nitrogens with one attached hydrogen (secondary N) is 2. The van der Waals surface area contributed by atoms with Gasteiger partial charge in [0.05, 0.1) is 13.2 Å². The third kappa shape index (κ3) is 2.86. The van der Waals surface area contributed by atoms with Crippen molar-refractivity contribution in [2.24, 2.45) is 0 Å². The van der Waals surface area contributed by atoms with E-state index < -0.39 is 0 Å². The second-order valence-electron chi connectivity index (χ2n) is 6.09. The molecule has 0 radical (unpaired) electrons. The van der Waals surface area contributed by atoms with Crippen molar-refractivity contribution in [3.05, 3.63) is 29.1 Å². The summed E-state index contributed by atoms with van der Waals surface area (Å²) in [4.78, 5) is 18.8. The van der Waals surface area contributed by atoms with Crippen molar-refractivity contribution >= 4 is 5.91 Å². The van der Waals surface area contributed by atoms with Crippen LogP contribution in [0.25, 0.3) is 0 Å². The predicted molar refractivity (Wildman–Crippen MR) is 80.9 cm³/mol. The Morgan fingerprint density at radius 1 is 1.39 bits per heavy atom. The standard InChI is InChI=1S/C15H20N6O2/c1-2-13-16-14(20-19-13)12-8-21(5-6-23-12)15(22)11-7-10(17-18-11)9-3-4-9/h7,9,12H,2-6,8H2,1H3,(H,17,18)(H,16,19,20)/t12-/m0/s1. The highest BCUT2D eigenvalue weighted by Crippen LogP contribution is 2.39. The van der Waals surface area contributed by atoms with E-state index in [0.29, 0.717) is 37.1 Å². The van der Waals surface area contributed by atoms with Crippen molar-refractivity contribution in [3.63, 3.8) is 0 Å². The molecule has 0 unspecified atom stereocenters. The molecule has 0 spiro atoms. The fourth-order valence-electron chi connectivity index (χ4n) is 2.81. The molecule has 1 saturated carbocycles. The first-order chi connectivity index (χ1) is 11.2. The van der Waals surface area contributed by atoms with E-state index in [-0.39, 0.29) is 12.0 Å².